The molecule has 0 aliphatic rings. The molecule has 0 atom stereocenters. The maximum absolute atomic E-state index is 11.3. The average molecular weight is 277 g/mol. The van der Waals surface area contributed by atoms with Crippen LogP contribution in [0.5, 0.6) is 0 Å². The summed E-state index contributed by atoms with van der Waals surface area (Å²) in [6.07, 6.45) is 0. The predicted molar refractivity (Wildman–Crippen MR) is 76.0 cm³/mol. The Balaban J connectivity index is 2.32. The van der Waals surface area contributed by atoms with Crippen LogP contribution in [-0.4, -0.2) is 30.3 Å². The summed E-state index contributed by atoms with van der Waals surface area (Å²) in [6, 6.07) is 7.33. The van der Waals surface area contributed by atoms with Gasteiger partial charge in [-0.15, -0.1) is 0 Å². The molecular formula is C15H19NO4. The lowest BCUT2D eigenvalue weighted by Crippen LogP contribution is -2.42. The summed E-state index contributed by atoms with van der Waals surface area (Å²) >= 11 is 0. The normalized spacial score (nSPS) is 11.9. The number of aromatic carboxylic acids is 1. The molecule has 2 aromatic rings. The van der Waals surface area contributed by atoms with E-state index in [0.29, 0.717) is 24.3 Å². The van der Waals surface area contributed by atoms with Crippen molar-refractivity contribution in [3.8, 4) is 0 Å². The van der Waals surface area contributed by atoms with Crippen LogP contribution in [0.15, 0.2) is 28.7 Å². The number of hydrogen-bond acceptors (Lipinski definition) is 4. The van der Waals surface area contributed by atoms with E-state index >= 15 is 0 Å². The first-order chi connectivity index (χ1) is 9.44. The van der Waals surface area contributed by atoms with Crippen LogP contribution in [0.3, 0.4) is 0 Å². The van der Waals surface area contributed by atoms with Crippen molar-refractivity contribution in [2.24, 2.45) is 0 Å². The number of benzene rings is 1. The summed E-state index contributed by atoms with van der Waals surface area (Å²) in [4.78, 5) is 11.3. The van der Waals surface area contributed by atoms with Crippen LogP contribution < -0.4 is 5.32 Å². The molecule has 0 fully saturated rings. The molecule has 0 radical (unpaired) electrons. The van der Waals surface area contributed by atoms with Gasteiger partial charge in [0.05, 0.1) is 6.61 Å². The predicted octanol–water partition coefficient (Wildman–Crippen LogP) is 2.65. The second-order valence-corrected chi connectivity index (χ2v) is 5.38. The number of carboxylic acids is 1. The molecule has 5 nitrogen and oxygen atoms in total. The zero-order valence-electron chi connectivity index (χ0n) is 11.9. The van der Waals surface area contributed by atoms with Crippen molar-refractivity contribution < 1.29 is 19.1 Å². The lowest BCUT2D eigenvalue weighted by Gasteiger charge is -2.25. The van der Waals surface area contributed by atoms with Crippen molar-refractivity contribution in [1.29, 1.82) is 0 Å². The fourth-order valence-corrected chi connectivity index (χ4v) is 2.19. The van der Waals surface area contributed by atoms with Gasteiger partial charge in [0.25, 0.3) is 0 Å². The lowest BCUT2D eigenvalue weighted by molar-refractivity contribution is 0.0662. The summed E-state index contributed by atoms with van der Waals surface area (Å²) in [7, 11) is 1.64. The average Bonchev–Trinajstić information content (AvgIpc) is 2.75. The van der Waals surface area contributed by atoms with Gasteiger partial charge in [0, 0.05) is 30.1 Å². The van der Waals surface area contributed by atoms with Gasteiger partial charge in [0.15, 0.2) is 0 Å². The fourth-order valence-electron chi connectivity index (χ4n) is 2.19. The largest absolute Gasteiger partial charge is 0.475 e. The summed E-state index contributed by atoms with van der Waals surface area (Å²) in [5, 5.41) is 13.4. The number of carboxylic acid groups (broad SMARTS) is 1. The standard InChI is InChI=1S/C15H19NO4/c1-15(2,9-19-3)16-8-11-10-6-4-5-7-12(10)20-13(11)14(17)18/h4-7,16H,8-9H2,1-3H3,(H,17,18). The molecule has 20 heavy (non-hydrogen) atoms. The highest BCUT2D eigenvalue weighted by atomic mass is 16.5. The van der Waals surface area contributed by atoms with Crippen molar-refractivity contribution in [2.75, 3.05) is 13.7 Å². The molecule has 1 heterocycles. The molecular weight excluding hydrogens is 258 g/mol. The third-order valence-electron chi connectivity index (χ3n) is 3.14. The van der Waals surface area contributed by atoms with Gasteiger partial charge in [-0.25, -0.2) is 4.79 Å². The quantitative estimate of drug-likeness (QED) is 0.849. The number of methoxy groups -OCH3 is 1. The summed E-state index contributed by atoms with van der Waals surface area (Å²) in [5.41, 5.74) is 1.01. The molecule has 0 saturated heterocycles. The van der Waals surface area contributed by atoms with Crippen LogP contribution in [0.1, 0.15) is 30.0 Å². The Kier molecular flexibility index (Phi) is 4.11. The lowest BCUT2D eigenvalue weighted by atomic mass is 10.1. The van der Waals surface area contributed by atoms with Crippen LogP contribution in [0.25, 0.3) is 11.0 Å². The van der Waals surface area contributed by atoms with E-state index < -0.39 is 5.97 Å². The number of para-hydroxylation sites is 1. The van der Waals surface area contributed by atoms with Gasteiger partial charge in [0.1, 0.15) is 5.58 Å². The zero-order chi connectivity index (χ0) is 14.8. The summed E-state index contributed by atoms with van der Waals surface area (Å²) < 4.78 is 10.6. The van der Waals surface area contributed by atoms with Crippen LogP contribution in [0, 0.1) is 0 Å². The number of fused-ring (bicyclic) bond motifs is 1. The van der Waals surface area contributed by atoms with E-state index in [0.717, 1.165) is 5.39 Å². The first-order valence-corrected chi connectivity index (χ1v) is 6.42. The van der Waals surface area contributed by atoms with Crippen molar-refractivity contribution in [3.05, 3.63) is 35.6 Å². The van der Waals surface area contributed by atoms with Gasteiger partial charge in [0.2, 0.25) is 5.76 Å². The van der Waals surface area contributed by atoms with E-state index in [-0.39, 0.29) is 11.3 Å². The smallest absolute Gasteiger partial charge is 0.372 e. The topological polar surface area (TPSA) is 71.7 Å². The van der Waals surface area contributed by atoms with Crippen molar-refractivity contribution in [2.45, 2.75) is 25.9 Å². The highest BCUT2D eigenvalue weighted by molar-refractivity contribution is 5.95. The summed E-state index contributed by atoms with van der Waals surface area (Å²) in [6.45, 7) is 4.94. The molecule has 2 N–H and O–H groups in total. The second kappa shape index (κ2) is 5.64. The minimum Gasteiger partial charge on any atom is -0.475 e. The Labute approximate surface area is 117 Å². The van der Waals surface area contributed by atoms with E-state index in [1.165, 1.54) is 0 Å². The monoisotopic (exact) mass is 277 g/mol. The SMILES string of the molecule is COCC(C)(C)NCc1c(C(=O)O)oc2ccccc12. The molecule has 2 rings (SSSR count). The number of nitrogens with one attached hydrogen (secondary N) is 1. The molecule has 0 spiro atoms. The summed E-state index contributed by atoms with van der Waals surface area (Å²) in [5.74, 6) is -1.06. The van der Waals surface area contributed by atoms with Gasteiger partial charge >= 0.3 is 5.97 Å². The number of hydrogen-bond donors (Lipinski definition) is 2. The van der Waals surface area contributed by atoms with E-state index in [4.69, 9.17) is 9.15 Å². The number of carbonyl (C=O) groups is 1. The maximum Gasteiger partial charge on any atom is 0.372 e. The molecule has 5 heteroatoms. The minimum absolute atomic E-state index is 0.00748. The Morgan fingerprint density at radius 3 is 2.75 bits per heavy atom. The first-order valence-electron chi connectivity index (χ1n) is 6.42. The number of ether oxygens (including phenoxy) is 1. The number of rotatable bonds is 6. The third-order valence-corrected chi connectivity index (χ3v) is 3.14. The van der Waals surface area contributed by atoms with Crippen molar-refractivity contribution >= 4 is 16.9 Å². The van der Waals surface area contributed by atoms with Gasteiger partial charge in [-0.2, -0.15) is 0 Å². The second-order valence-electron chi connectivity index (χ2n) is 5.38. The highest BCUT2D eigenvalue weighted by Crippen LogP contribution is 2.26. The maximum atomic E-state index is 11.3. The fraction of sp³-hybridized carbons (Fsp3) is 0.400. The molecule has 0 aliphatic heterocycles. The minimum atomic E-state index is -1.05. The molecule has 0 aliphatic carbocycles. The van der Waals surface area contributed by atoms with Crippen molar-refractivity contribution in [1.82, 2.24) is 5.32 Å². The van der Waals surface area contributed by atoms with E-state index in [2.05, 4.69) is 5.32 Å². The van der Waals surface area contributed by atoms with E-state index in [1.54, 1.807) is 13.2 Å². The number of furan rings is 1. The third kappa shape index (κ3) is 3.00. The molecule has 0 unspecified atom stereocenters. The Morgan fingerprint density at radius 2 is 2.10 bits per heavy atom. The van der Waals surface area contributed by atoms with Crippen LogP contribution in [-0.2, 0) is 11.3 Å². The molecule has 0 saturated carbocycles. The molecule has 1 aromatic heterocycles. The molecule has 1 aromatic carbocycles. The first kappa shape index (κ1) is 14.6. The Bertz CT molecular complexity index is 615. The van der Waals surface area contributed by atoms with Crippen LogP contribution in [0.2, 0.25) is 0 Å². The van der Waals surface area contributed by atoms with E-state index in [9.17, 15) is 9.90 Å². The van der Waals surface area contributed by atoms with Gasteiger partial charge in [-0.05, 0) is 19.9 Å². The van der Waals surface area contributed by atoms with Crippen LogP contribution in [0.4, 0.5) is 0 Å². The van der Waals surface area contributed by atoms with Gasteiger partial charge < -0.3 is 19.6 Å². The van der Waals surface area contributed by atoms with Crippen molar-refractivity contribution in [3.63, 3.8) is 0 Å². The Morgan fingerprint density at radius 1 is 1.40 bits per heavy atom. The highest BCUT2D eigenvalue weighted by Gasteiger charge is 2.23. The molecule has 0 bridgehead atoms. The zero-order valence-corrected chi connectivity index (χ0v) is 11.9. The van der Waals surface area contributed by atoms with Crippen LogP contribution >= 0.6 is 0 Å². The van der Waals surface area contributed by atoms with Gasteiger partial charge in [-0.1, -0.05) is 18.2 Å². The van der Waals surface area contributed by atoms with Gasteiger partial charge in [-0.3, -0.25) is 0 Å². The molecule has 0 amide bonds. The molecule has 108 valence electrons. The van der Waals surface area contributed by atoms with E-state index in [1.807, 2.05) is 32.0 Å². The Hall–Kier alpha value is -1.85.